The van der Waals surface area contributed by atoms with Crippen molar-refractivity contribution < 1.29 is 32.5 Å². The third-order valence-electron chi connectivity index (χ3n) is 3.91. The number of aromatic carboxylic acids is 1. The molecule has 11 heteroatoms. The molecule has 0 spiro atoms. The second-order valence-electron chi connectivity index (χ2n) is 5.83. The highest BCUT2D eigenvalue weighted by Crippen LogP contribution is 2.36. The van der Waals surface area contributed by atoms with Crippen molar-refractivity contribution >= 4 is 38.7 Å². The Bertz CT molecular complexity index is 1100. The van der Waals surface area contributed by atoms with E-state index in [0.29, 0.717) is 22.9 Å². The summed E-state index contributed by atoms with van der Waals surface area (Å²) in [5, 5.41) is 10.4. The molecule has 0 radical (unpaired) electrons. The molecule has 4 N–H and O–H groups in total. The number of nitrogen functional groups attached to an aromatic ring is 1. The van der Waals surface area contributed by atoms with Gasteiger partial charge in [0.05, 0.1) is 31.9 Å². The van der Waals surface area contributed by atoms with Crippen molar-refractivity contribution in [2.45, 2.75) is 4.90 Å². The molecule has 1 heterocycles. The van der Waals surface area contributed by atoms with E-state index >= 15 is 0 Å². The van der Waals surface area contributed by atoms with Gasteiger partial charge >= 0.3 is 5.97 Å². The molecule has 2 aromatic carbocycles. The Morgan fingerprint density at radius 1 is 1.00 bits per heavy atom. The molecule has 31 heavy (non-hydrogen) atoms. The zero-order valence-corrected chi connectivity index (χ0v) is 18.6. The Kier molecular flexibility index (Phi) is 8.11. The molecule has 0 saturated heterocycles. The lowest BCUT2D eigenvalue weighted by Crippen LogP contribution is -2.14. The topological polar surface area (TPSA) is 137 Å². The number of carbonyl (C=O) groups is 1. The summed E-state index contributed by atoms with van der Waals surface area (Å²) in [6.45, 7) is 0. The number of benzene rings is 2. The third-order valence-corrected chi connectivity index (χ3v) is 6.19. The standard InChI is InChI=1S/C11H9NO4S2.C9H13NO3/c13-11(14)10-9(6-7-17-10)12-18(15,16)8-4-2-1-3-5-8;1-11-6-4-7(12-2)9(10)8(5-6)13-3/h1-7,12H,(H,13,14);4-5H,10H2,1-3H3. The number of nitrogens with two attached hydrogens (primary N) is 1. The summed E-state index contributed by atoms with van der Waals surface area (Å²) < 4.78 is 41.3. The van der Waals surface area contributed by atoms with Crippen LogP contribution in [-0.4, -0.2) is 40.8 Å². The van der Waals surface area contributed by atoms with E-state index < -0.39 is 16.0 Å². The normalized spacial score (nSPS) is 10.4. The van der Waals surface area contributed by atoms with Crippen LogP contribution in [0.5, 0.6) is 17.2 Å². The minimum atomic E-state index is -3.75. The molecule has 3 aromatic rings. The van der Waals surface area contributed by atoms with E-state index in [4.69, 9.17) is 25.1 Å². The molecule has 1 aromatic heterocycles. The number of carboxylic acids is 1. The predicted octanol–water partition coefficient (Wildman–Crippen LogP) is 3.54. The summed E-state index contributed by atoms with van der Waals surface area (Å²) in [6, 6.07) is 12.6. The Labute approximate surface area is 184 Å². The Balaban J connectivity index is 0.000000233. The summed E-state index contributed by atoms with van der Waals surface area (Å²) in [7, 11) is 0.920. The van der Waals surface area contributed by atoms with Gasteiger partial charge in [-0.25, -0.2) is 13.2 Å². The van der Waals surface area contributed by atoms with Gasteiger partial charge in [-0.3, -0.25) is 4.72 Å². The summed E-state index contributed by atoms with van der Waals surface area (Å²) in [4.78, 5) is 10.9. The first kappa shape index (κ1) is 23.8. The smallest absolute Gasteiger partial charge is 0.348 e. The van der Waals surface area contributed by atoms with Crippen LogP contribution >= 0.6 is 11.3 Å². The Hall–Kier alpha value is -3.44. The quantitative estimate of drug-likeness (QED) is 0.450. The highest BCUT2D eigenvalue weighted by Gasteiger charge is 2.19. The zero-order valence-electron chi connectivity index (χ0n) is 17.0. The highest BCUT2D eigenvalue weighted by atomic mass is 32.2. The Morgan fingerprint density at radius 3 is 2.06 bits per heavy atom. The predicted molar refractivity (Wildman–Crippen MR) is 119 cm³/mol. The molecular formula is C20H22N2O7S2. The minimum absolute atomic E-state index is 0.0329. The van der Waals surface area contributed by atoms with Crippen LogP contribution in [0.25, 0.3) is 0 Å². The lowest BCUT2D eigenvalue weighted by molar-refractivity contribution is 0.0703. The number of sulfonamides is 1. The fourth-order valence-electron chi connectivity index (χ4n) is 2.39. The van der Waals surface area contributed by atoms with Crippen molar-refractivity contribution in [1.82, 2.24) is 0 Å². The fourth-order valence-corrected chi connectivity index (χ4v) is 4.24. The largest absolute Gasteiger partial charge is 0.496 e. The maximum Gasteiger partial charge on any atom is 0.348 e. The lowest BCUT2D eigenvalue weighted by Gasteiger charge is -2.11. The molecule has 3 rings (SSSR count). The number of nitrogens with one attached hydrogen (secondary N) is 1. The number of rotatable bonds is 7. The summed E-state index contributed by atoms with van der Waals surface area (Å²) >= 11 is 0.967. The molecule has 166 valence electrons. The number of ether oxygens (including phenoxy) is 3. The molecule has 0 fully saturated rings. The van der Waals surface area contributed by atoms with Crippen LogP contribution < -0.4 is 24.7 Å². The van der Waals surface area contributed by atoms with Crippen LogP contribution in [0, 0.1) is 0 Å². The molecule has 0 aliphatic rings. The van der Waals surface area contributed by atoms with Gasteiger partial charge in [-0.2, -0.15) is 0 Å². The number of methoxy groups -OCH3 is 3. The molecular weight excluding hydrogens is 444 g/mol. The maximum absolute atomic E-state index is 12.0. The van der Waals surface area contributed by atoms with Gasteiger partial charge in [-0.05, 0) is 23.6 Å². The zero-order chi connectivity index (χ0) is 23.0. The molecule has 0 unspecified atom stereocenters. The number of hydrogen-bond donors (Lipinski definition) is 3. The summed E-state index contributed by atoms with van der Waals surface area (Å²) in [6.07, 6.45) is 0. The van der Waals surface area contributed by atoms with E-state index in [2.05, 4.69) is 4.72 Å². The second kappa shape index (κ2) is 10.5. The lowest BCUT2D eigenvalue weighted by atomic mass is 10.2. The van der Waals surface area contributed by atoms with Gasteiger partial charge in [-0.1, -0.05) is 18.2 Å². The second-order valence-corrected chi connectivity index (χ2v) is 8.43. The molecule has 9 nitrogen and oxygen atoms in total. The first-order valence-corrected chi connectivity index (χ1v) is 11.0. The van der Waals surface area contributed by atoms with E-state index in [1.54, 1.807) is 51.7 Å². The van der Waals surface area contributed by atoms with Crippen LogP contribution in [-0.2, 0) is 10.0 Å². The fraction of sp³-hybridized carbons (Fsp3) is 0.150. The van der Waals surface area contributed by atoms with Crippen molar-refractivity contribution in [2.75, 3.05) is 31.8 Å². The van der Waals surface area contributed by atoms with Crippen LogP contribution in [0.1, 0.15) is 9.67 Å². The monoisotopic (exact) mass is 466 g/mol. The van der Waals surface area contributed by atoms with Gasteiger partial charge in [0.2, 0.25) is 0 Å². The highest BCUT2D eigenvalue weighted by molar-refractivity contribution is 7.92. The molecule has 0 atom stereocenters. The number of thiophene rings is 1. The van der Waals surface area contributed by atoms with Crippen molar-refractivity contribution in [3.63, 3.8) is 0 Å². The van der Waals surface area contributed by atoms with Gasteiger partial charge in [-0.15, -0.1) is 11.3 Å². The van der Waals surface area contributed by atoms with Gasteiger partial charge in [0.1, 0.15) is 27.8 Å². The van der Waals surface area contributed by atoms with Gasteiger partial charge in [0, 0.05) is 12.1 Å². The molecule has 0 amide bonds. The molecule has 0 saturated carbocycles. The first-order chi connectivity index (χ1) is 14.7. The summed E-state index contributed by atoms with van der Waals surface area (Å²) in [5.41, 5.74) is 6.28. The van der Waals surface area contributed by atoms with E-state index in [1.807, 2.05) is 0 Å². The van der Waals surface area contributed by atoms with Crippen LogP contribution in [0.3, 0.4) is 0 Å². The van der Waals surface area contributed by atoms with E-state index in [0.717, 1.165) is 11.3 Å². The van der Waals surface area contributed by atoms with Crippen molar-refractivity contribution in [3.8, 4) is 17.2 Å². The average molecular weight is 467 g/mol. The molecule has 0 bridgehead atoms. The van der Waals surface area contributed by atoms with E-state index in [1.165, 1.54) is 23.6 Å². The van der Waals surface area contributed by atoms with Gasteiger partial charge in [0.15, 0.2) is 0 Å². The first-order valence-electron chi connectivity index (χ1n) is 8.67. The van der Waals surface area contributed by atoms with Crippen LogP contribution in [0.4, 0.5) is 11.4 Å². The van der Waals surface area contributed by atoms with Crippen LogP contribution in [0.2, 0.25) is 0 Å². The van der Waals surface area contributed by atoms with Crippen molar-refractivity contribution in [2.24, 2.45) is 0 Å². The SMILES string of the molecule is COc1cc(OC)c(N)c(OC)c1.O=C(O)c1sccc1NS(=O)(=O)c1ccccc1. The van der Waals surface area contributed by atoms with Gasteiger partial charge < -0.3 is 25.1 Å². The minimum Gasteiger partial charge on any atom is -0.496 e. The molecule has 0 aliphatic heterocycles. The van der Waals surface area contributed by atoms with Crippen molar-refractivity contribution in [1.29, 1.82) is 0 Å². The molecule has 0 aliphatic carbocycles. The van der Waals surface area contributed by atoms with E-state index in [9.17, 15) is 13.2 Å². The third kappa shape index (κ3) is 6.03. The van der Waals surface area contributed by atoms with Crippen LogP contribution in [0.15, 0.2) is 58.8 Å². The number of anilines is 2. The van der Waals surface area contributed by atoms with Crippen molar-refractivity contribution in [3.05, 3.63) is 58.8 Å². The number of hydrogen-bond acceptors (Lipinski definition) is 8. The summed E-state index contributed by atoms with van der Waals surface area (Å²) in [5.74, 6) is 0.603. The Morgan fingerprint density at radius 2 is 1.58 bits per heavy atom. The van der Waals surface area contributed by atoms with E-state index in [-0.39, 0.29) is 15.5 Å². The maximum atomic E-state index is 12.0. The van der Waals surface area contributed by atoms with Gasteiger partial charge in [0.25, 0.3) is 10.0 Å². The average Bonchev–Trinajstić information content (AvgIpc) is 3.23. The number of carboxylic acid groups (broad SMARTS) is 1.